The maximum Gasteiger partial charge on any atom is 0.277 e. The highest BCUT2D eigenvalue weighted by molar-refractivity contribution is 7.86. The average Bonchev–Trinajstić information content (AvgIpc) is 2.92. The molecule has 2 heterocycles. The van der Waals surface area contributed by atoms with E-state index >= 15 is 0 Å². The lowest BCUT2D eigenvalue weighted by Gasteiger charge is -2.33. The van der Waals surface area contributed by atoms with Crippen LogP contribution in [0.5, 0.6) is 0 Å². The second-order valence-corrected chi connectivity index (χ2v) is 6.36. The number of carbonyl (C=O) groups excluding carboxylic acids is 1. The van der Waals surface area contributed by atoms with Crippen LogP contribution in [0.1, 0.15) is 10.5 Å². The van der Waals surface area contributed by atoms with Crippen LogP contribution in [0.2, 0.25) is 0 Å². The van der Waals surface area contributed by atoms with Gasteiger partial charge in [0.25, 0.3) is 16.1 Å². The molecule has 0 aromatic carbocycles. The topological polar surface area (TPSA) is 97.9 Å². The number of methoxy groups -OCH3 is 1. The number of hydrogen-bond donors (Lipinski definition) is 1. The summed E-state index contributed by atoms with van der Waals surface area (Å²) < 4.78 is 30.5. The molecular formula is C12H20N4O4S. The van der Waals surface area contributed by atoms with E-state index in [-0.39, 0.29) is 19.0 Å². The van der Waals surface area contributed by atoms with Gasteiger partial charge in [0, 0.05) is 46.0 Å². The van der Waals surface area contributed by atoms with Crippen LogP contribution < -0.4 is 5.14 Å². The van der Waals surface area contributed by atoms with Gasteiger partial charge in [-0.05, 0) is 12.1 Å². The van der Waals surface area contributed by atoms with Crippen LogP contribution in [0.4, 0.5) is 0 Å². The van der Waals surface area contributed by atoms with Crippen LogP contribution in [0, 0.1) is 0 Å². The molecule has 21 heavy (non-hydrogen) atoms. The summed E-state index contributed by atoms with van der Waals surface area (Å²) in [5, 5.41) is 5.08. The highest BCUT2D eigenvalue weighted by atomic mass is 32.2. The molecule has 2 N–H and O–H groups in total. The minimum atomic E-state index is -3.68. The van der Waals surface area contributed by atoms with Gasteiger partial charge in [-0.3, -0.25) is 4.79 Å². The molecule has 1 aliphatic rings. The Bertz CT molecular complexity index is 590. The molecular weight excluding hydrogens is 296 g/mol. The van der Waals surface area contributed by atoms with Crippen molar-refractivity contribution in [1.82, 2.24) is 13.8 Å². The summed E-state index contributed by atoms with van der Waals surface area (Å²) >= 11 is 0. The molecule has 0 bridgehead atoms. The van der Waals surface area contributed by atoms with Crippen molar-refractivity contribution in [3.05, 3.63) is 24.0 Å². The highest BCUT2D eigenvalue weighted by Gasteiger charge is 2.27. The van der Waals surface area contributed by atoms with Gasteiger partial charge in [-0.2, -0.15) is 12.7 Å². The fourth-order valence-corrected chi connectivity index (χ4v) is 2.97. The van der Waals surface area contributed by atoms with Gasteiger partial charge in [-0.15, -0.1) is 0 Å². The van der Waals surface area contributed by atoms with E-state index in [9.17, 15) is 13.2 Å². The van der Waals surface area contributed by atoms with Crippen LogP contribution in [-0.4, -0.2) is 68.0 Å². The molecule has 1 fully saturated rings. The molecule has 8 nitrogen and oxygen atoms in total. The zero-order valence-corrected chi connectivity index (χ0v) is 12.8. The molecule has 0 atom stereocenters. The van der Waals surface area contributed by atoms with Gasteiger partial charge in [-0.25, -0.2) is 5.14 Å². The number of carbonyl (C=O) groups is 1. The molecule has 2 rings (SSSR count). The Morgan fingerprint density at radius 3 is 2.57 bits per heavy atom. The Kier molecular flexibility index (Phi) is 4.99. The first-order valence-corrected chi connectivity index (χ1v) is 8.15. The van der Waals surface area contributed by atoms with Crippen LogP contribution in [-0.2, 0) is 21.5 Å². The number of aromatic nitrogens is 1. The molecule has 0 saturated carbocycles. The van der Waals surface area contributed by atoms with Crippen LogP contribution >= 0.6 is 0 Å². The number of amides is 1. The summed E-state index contributed by atoms with van der Waals surface area (Å²) in [6, 6.07) is 3.56. The zero-order valence-electron chi connectivity index (χ0n) is 11.9. The van der Waals surface area contributed by atoms with Gasteiger partial charge in [0.1, 0.15) is 5.69 Å². The summed E-state index contributed by atoms with van der Waals surface area (Å²) in [4.78, 5) is 14.1. The van der Waals surface area contributed by atoms with Crippen LogP contribution in [0.25, 0.3) is 0 Å². The Morgan fingerprint density at radius 2 is 2.00 bits per heavy atom. The first kappa shape index (κ1) is 16.0. The summed E-state index contributed by atoms with van der Waals surface area (Å²) in [6.07, 6.45) is 1.83. The van der Waals surface area contributed by atoms with E-state index in [4.69, 9.17) is 9.88 Å². The summed E-state index contributed by atoms with van der Waals surface area (Å²) in [5.74, 6) is -0.106. The Hall–Kier alpha value is -1.42. The van der Waals surface area contributed by atoms with Crippen LogP contribution in [0.15, 0.2) is 18.3 Å². The zero-order chi connectivity index (χ0) is 15.5. The Morgan fingerprint density at radius 1 is 1.33 bits per heavy atom. The molecule has 0 unspecified atom stereocenters. The number of piperazine rings is 1. The third-order valence-electron chi connectivity index (χ3n) is 3.47. The first-order chi connectivity index (χ1) is 9.93. The lowest BCUT2D eigenvalue weighted by atomic mass is 10.3. The normalized spacial score (nSPS) is 17.1. The van der Waals surface area contributed by atoms with Crippen LogP contribution in [0.3, 0.4) is 0 Å². The van der Waals surface area contributed by atoms with Crippen molar-refractivity contribution in [2.75, 3.05) is 39.9 Å². The van der Waals surface area contributed by atoms with E-state index in [1.165, 1.54) is 4.31 Å². The molecule has 1 amide bonds. The van der Waals surface area contributed by atoms with E-state index in [1.807, 2.05) is 16.8 Å². The Balaban J connectivity index is 2.01. The molecule has 1 saturated heterocycles. The van der Waals surface area contributed by atoms with E-state index in [2.05, 4.69) is 0 Å². The average molecular weight is 316 g/mol. The smallest absolute Gasteiger partial charge is 0.277 e. The summed E-state index contributed by atoms with van der Waals surface area (Å²) in [6.45, 7) is 2.25. The van der Waals surface area contributed by atoms with Crippen molar-refractivity contribution in [2.24, 2.45) is 5.14 Å². The third-order valence-corrected chi connectivity index (χ3v) is 4.56. The van der Waals surface area contributed by atoms with Crippen molar-refractivity contribution in [3.63, 3.8) is 0 Å². The Labute approximate surface area is 124 Å². The minimum absolute atomic E-state index is 0.106. The SMILES string of the molecule is COCCn1cccc1C(=O)N1CCN(S(N)(=O)=O)CC1. The lowest BCUT2D eigenvalue weighted by Crippen LogP contribution is -2.52. The molecule has 1 aliphatic heterocycles. The largest absolute Gasteiger partial charge is 0.383 e. The predicted molar refractivity (Wildman–Crippen MR) is 76.9 cm³/mol. The van der Waals surface area contributed by atoms with Crippen molar-refractivity contribution in [1.29, 1.82) is 0 Å². The van der Waals surface area contributed by atoms with Gasteiger partial charge >= 0.3 is 0 Å². The second-order valence-electron chi connectivity index (χ2n) is 4.82. The monoisotopic (exact) mass is 316 g/mol. The fraction of sp³-hybridized carbons (Fsp3) is 0.583. The number of rotatable bonds is 5. The van der Waals surface area contributed by atoms with E-state index in [0.29, 0.717) is 31.9 Å². The molecule has 0 radical (unpaired) electrons. The van der Waals surface area contributed by atoms with Crippen molar-refractivity contribution >= 4 is 16.1 Å². The number of hydrogen-bond acceptors (Lipinski definition) is 4. The molecule has 1 aromatic heterocycles. The van der Waals surface area contributed by atoms with Gasteiger partial charge in [-0.1, -0.05) is 0 Å². The van der Waals surface area contributed by atoms with Gasteiger partial charge < -0.3 is 14.2 Å². The highest BCUT2D eigenvalue weighted by Crippen LogP contribution is 2.11. The lowest BCUT2D eigenvalue weighted by molar-refractivity contribution is 0.0684. The number of ether oxygens (including phenoxy) is 1. The molecule has 1 aromatic rings. The van der Waals surface area contributed by atoms with E-state index < -0.39 is 10.2 Å². The van der Waals surface area contributed by atoms with Gasteiger partial charge in [0.15, 0.2) is 0 Å². The summed E-state index contributed by atoms with van der Waals surface area (Å²) in [7, 11) is -2.07. The minimum Gasteiger partial charge on any atom is -0.383 e. The van der Waals surface area contributed by atoms with Gasteiger partial charge in [0.2, 0.25) is 0 Å². The molecule has 9 heteroatoms. The van der Waals surface area contributed by atoms with Crippen molar-refractivity contribution < 1.29 is 17.9 Å². The van der Waals surface area contributed by atoms with Crippen molar-refractivity contribution in [3.8, 4) is 0 Å². The number of nitrogens with zero attached hydrogens (tertiary/aromatic N) is 3. The fourth-order valence-electron chi connectivity index (χ4n) is 2.30. The van der Waals surface area contributed by atoms with Crippen molar-refractivity contribution in [2.45, 2.75) is 6.54 Å². The van der Waals surface area contributed by atoms with Gasteiger partial charge in [0.05, 0.1) is 6.61 Å². The van der Waals surface area contributed by atoms with E-state index in [0.717, 1.165) is 0 Å². The molecule has 0 aliphatic carbocycles. The summed E-state index contributed by atoms with van der Waals surface area (Å²) in [5.41, 5.74) is 0.580. The second kappa shape index (κ2) is 6.56. The van der Waals surface area contributed by atoms with E-state index in [1.54, 1.807) is 18.1 Å². The quantitative estimate of drug-likeness (QED) is 0.761. The molecule has 118 valence electrons. The standard InChI is InChI=1S/C12H20N4O4S/c1-20-10-9-14-4-2-3-11(14)12(17)15-5-7-16(8-6-15)21(13,18)19/h2-4H,5-10H2,1H3,(H2,13,18,19). The third kappa shape index (κ3) is 3.82. The first-order valence-electron chi connectivity index (χ1n) is 6.64. The number of nitrogens with two attached hydrogens (primary N) is 1. The molecule has 0 spiro atoms. The maximum atomic E-state index is 12.5. The maximum absolute atomic E-state index is 12.5. The predicted octanol–water partition coefficient (Wildman–Crippen LogP) is -0.904.